The van der Waals surface area contributed by atoms with Gasteiger partial charge in [-0.1, -0.05) is 55.5 Å². The van der Waals surface area contributed by atoms with Gasteiger partial charge >= 0.3 is 12.1 Å². The van der Waals surface area contributed by atoms with Gasteiger partial charge in [-0.25, -0.2) is 4.79 Å². The Morgan fingerprint density at radius 1 is 1.03 bits per heavy atom. The fraction of sp³-hybridized carbons (Fsp3) is 0.423. The van der Waals surface area contributed by atoms with Crippen LogP contribution in [0.4, 0.5) is 4.79 Å². The molecule has 1 atom stereocenters. The maximum absolute atomic E-state index is 13.1. The third kappa shape index (κ3) is 4.72. The molecule has 4 rings (SSSR count). The number of carbonyl (C=O) groups excluding carboxylic acids is 2. The van der Waals surface area contributed by atoms with Gasteiger partial charge in [0.05, 0.1) is 6.42 Å². The van der Waals surface area contributed by atoms with Crippen molar-refractivity contribution < 1.29 is 24.2 Å². The third-order valence-electron chi connectivity index (χ3n) is 6.84. The molecule has 0 saturated carbocycles. The summed E-state index contributed by atoms with van der Waals surface area (Å²) in [6.45, 7) is 3.41. The zero-order valence-corrected chi connectivity index (χ0v) is 19.1. The second kappa shape index (κ2) is 9.65. The van der Waals surface area contributed by atoms with Crippen LogP contribution in [0.15, 0.2) is 48.5 Å². The van der Waals surface area contributed by atoms with Crippen molar-refractivity contribution >= 4 is 18.0 Å². The molecule has 2 amide bonds. The van der Waals surface area contributed by atoms with Crippen molar-refractivity contribution in [3.05, 3.63) is 59.7 Å². The average molecular weight is 451 g/mol. The molecule has 2 aromatic carbocycles. The number of likely N-dealkylation sites (N-methyl/N-ethyl adjacent to an activating group) is 1. The van der Waals surface area contributed by atoms with Crippen LogP contribution in [0.5, 0.6) is 0 Å². The second-order valence-corrected chi connectivity index (χ2v) is 9.04. The number of ether oxygens (including phenoxy) is 1. The minimum atomic E-state index is -1.13. The van der Waals surface area contributed by atoms with Gasteiger partial charge in [0.15, 0.2) is 0 Å². The van der Waals surface area contributed by atoms with Gasteiger partial charge in [0, 0.05) is 26.1 Å². The van der Waals surface area contributed by atoms with E-state index in [-0.39, 0.29) is 18.4 Å². The first-order valence-electron chi connectivity index (χ1n) is 11.4. The van der Waals surface area contributed by atoms with Crippen LogP contribution in [0.2, 0.25) is 0 Å². The number of piperidine rings is 1. The smallest absolute Gasteiger partial charge is 0.410 e. The molecule has 1 fully saturated rings. The van der Waals surface area contributed by atoms with Gasteiger partial charge < -0.3 is 14.7 Å². The van der Waals surface area contributed by atoms with Crippen LogP contribution in [-0.4, -0.2) is 65.7 Å². The number of benzene rings is 2. The molecule has 1 aliphatic carbocycles. The molecular weight excluding hydrogens is 420 g/mol. The number of amides is 2. The fourth-order valence-electron chi connectivity index (χ4n) is 4.82. The van der Waals surface area contributed by atoms with Crippen LogP contribution >= 0.6 is 0 Å². The van der Waals surface area contributed by atoms with E-state index in [2.05, 4.69) is 19.1 Å². The lowest BCUT2D eigenvalue weighted by Gasteiger charge is -2.35. The summed E-state index contributed by atoms with van der Waals surface area (Å²) in [5.74, 6) is -1.03. The monoisotopic (exact) mass is 450 g/mol. The van der Waals surface area contributed by atoms with Crippen molar-refractivity contribution in [3.63, 3.8) is 0 Å². The first-order valence-corrected chi connectivity index (χ1v) is 11.4. The van der Waals surface area contributed by atoms with E-state index in [1.165, 1.54) is 7.05 Å². The van der Waals surface area contributed by atoms with Gasteiger partial charge in [0.25, 0.3) is 0 Å². The Hall–Kier alpha value is -3.35. The number of fused-ring (bicyclic) bond motifs is 3. The van der Waals surface area contributed by atoms with Crippen molar-refractivity contribution in [2.45, 2.75) is 38.1 Å². The average Bonchev–Trinajstić information content (AvgIpc) is 3.14. The molecule has 1 N–H and O–H groups in total. The highest BCUT2D eigenvalue weighted by atomic mass is 16.6. The Bertz CT molecular complexity index is 999. The first kappa shape index (κ1) is 22.8. The molecule has 33 heavy (non-hydrogen) atoms. The van der Waals surface area contributed by atoms with Crippen LogP contribution in [0.25, 0.3) is 11.1 Å². The highest BCUT2D eigenvalue weighted by molar-refractivity contribution is 5.89. The SMILES string of the molecule is CC1CCN(C(=O)[C@H](CC(=O)O)N(C)C(=O)OCC2c3ccccc3-c3ccccc32)CC1. The Morgan fingerprint density at radius 2 is 1.58 bits per heavy atom. The van der Waals surface area contributed by atoms with Gasteiger partial charge in [0.1, 0.15) is 12.6 Å². The maximum atomic E-state index is 13.1. The van der Waals surface area contributed by atoms with Gasteiger partial charge in [-0.05, 0) is 41.0 Å². The number of rotatable bonds is 6. The molecule has 1 aliphatic heterocycles. The lowest BCUT2D eigenvalue weighted by Crippen LogP contribution is -2.52. The van der Waals surface area contributed by atoms with Crippen molar-refractivity contribution in [1.82, 2.24) is 9.80 Å². The summed E-state index contributed by atoms with van der Waals surface area (Å²) < 4.78 is 5.64. The number of carboxylic acid groups (broad SMARTS) is 1. The second-order valence-electron chi connectivity index (χ2n) is 9.04. The molecule has 1 heterocycles. The summed E-state index contributed by atoms with van der Waals surface area (Å²) in [6.07, 6.45) is 0.605. The molecule has 0 bridgehead atoms. The van der Waals surface area contributed by atoms with E-state index in [4.69, 9.17) is 4.74 Å². The van der Waals surface area contributed by atoms with Gasteiger partial charge in [-0.2, -0.15) is 0 Å². The van der Waals surface area contributed by atoms with Crippen molar-refractivity contribution in [3.8, 4) is 11.1 Å². The van der Waals surface area contributed by atoms with E-state index in [1.807, 2.05) is 36.4 Å². The minimum absolute atomic E-state index is 0.105. The number of carbonyl (C=O) groups is 3. The van der Waals surface area contributed by atoms with Crippen LogP contribution < -0.4 is 0 Å². The number of likely N-dealkylation sites (tertiary alicyclic amines) is 1. The standard InChI is InChI=1S/C26H30N2O5/c1-17-11-13-28(14-12-17)25(31)23(15-24(29)30)27(2)26(32)33-16-22-20-9-5-3-7-18(20)19-8-4-6-10-21(19)22/h3-10,17,22-23H,11-16H2,1-2H3,(H,29,30)/t23-/m0/s1. The summed E-state index contributed by atoms with van der Waals surface area (Å²) >= 11 is 0. The van der Waals surface area contributed by atoms with Crippen LogP contribution in [0.3, 0.4) is 0 Å². The molecule has 0 unspecified atom stereocenters. The Kier molecular flexibility index (Phi) is 6.67. The summed E-state index contributed by atoms with van der Waals surface area (Å²) in [6, 6.07) is 15.0. The van der Waals surface area contributed by atoms with E-state index < -0.39 is 24.5 Å². The lowest BCUT2D eigenvalue weighted by atomic mass is 9.98. The molecular formula is C26H30N2O5. The number of hydrogen-bond donors (Lipinski definition) is 1. The van der Waals surface area contributed by atoms with E-state index in [1.54, 1.807) is 4.90 Å². The Morgan fingerprint density at radius 3 is 2.12 bits per heavy atom. The summed E-state index contributed by atoms with van der Waals surface area (Å²) in [4.78, 5) is 40.3. The molecule has 0 aromatic heterocycles. The summed E-state index contributed by atoms with van der Waals surface area (Å²) in [5, 5.41) is 9.38. The zero-order chi connectivity index (χ0) is 23.5. The normalized spacial score (nSPS) is 16.6. The molecule has 174 valence electrons. The van der Waals surface area contributed by atoms with E-state index in [0.717, 1.165) is 40.0 Å². The predicted molar refractivity (Wildman–Crippen MR) is 124 cm³/mol. The fourth-order valence-corrected chi connectivity index (χ4v) is 4.82. The lowest BCUT2D eigenvalue weighted by molar-refractivity contribution is -0.145. The zero-order valence-electron chi connectivity index (χ0n) is 19.1. The molecule has 7 nitrogen and oxygen atoms in total. The molecule has 0 radical (unpaired) electrons. The van der Waals surface area contributed by atoms with Crippen LogP contribution in [0.1, 0.15) is 43.2 Å². The maximum Gasteiger partial charge on any atom is 0.410 e. The molecule has 2 aliphatic rings. The van der Waals surface area contributed by atoms with Gasteiger partial charge in [0.2, 0.25) is 5.91 Å². The highest BCUT2D eigenvalue weighted by Gasteiger charge is 2.35. The first-order chi connectivity index (χ1) is 15.9. The summed E-state index contributed by atoms with van der Waals surface area (Å²) in [7, 11) is 1.44. The molecule has 0 spiro atoms. The number of carboxylic acids is 1. The summed E-state index contributed by atoms with van der Waals surface area (Å²) in [5.41, 5.74) is 4.44. The van der Waals surface area contributed by atoms with Crippen LogP contribution in [-0.2, 0) is 14.3 Å². The van der Waals surface area contributed by atoms with Gasteiger partial charge in [-0.3, -0.25) is 14.5 Å². The topological polar surface area (TPSA) is 87.2 Å². The van der Waals surface area contributed by atoms with E-state index in [0.29, 0.717) is 19.0 Å². The van der Waals surface area contributed by atoms with E-state index in [9.17, 15) is 19.5 Å². The third-order valence-corrected chi connectivity index (χ3v) is 6.84. The quantitative estimate of drug-likeness (QED) is 0.720. The number of hydrogen-bond acceptors (Lipinski definition) is 4. The Balaban J connectivity index is 1.46. The van der Waals surface area contributed by atoms with Crippen LogP contribution in [0, 0.1) is 5.92 Å². The van der Waals surface area contributed by atoms with Gasteiger partial charge in [-0.15, -0.1) is 0 Å². The van der Waals surface area contributed by atoms with Crippen molar-refractivity contribution in [1.29, 1.82) is 0 Å². The molecule has 1 saturated heterocycles. The highest BCUT2D eigenvalue weighted by Crippen LogP contribution is 2.44. The number of aliphatic carboxylic acids is 1. The minimum Gasteiger partial charge on any atom is -0.481 e. The van der Waals surface area contributed by atoms with E-state index >= 15 is 0 Å². The Labute approximate surface area is 193 Å². The molecule has 2 aromatic rings. The largest absolute Gasteiger partial charge is 0.481 e. The van der Waals surface area contributed by atoms with Crippen molar-refractivity contribution in [2.75, 3.05) is 26.7 Å². The molecule has 7 heteroatoms. The van der Waals surface area contributed by atoms with Crippen molar-refractivity contribution in [2.24, 2.45) is 5.92 Å². The predicted octanol–water partition coefficient (Wildman–Crippen LogP) is 3.97. The number of nitrogens with zero attached hydrogens (tertiary/aromatic N) is 2.